The first-order valence-corrected chi connectivity index (χ1v) is 6.62. The Hall–Kier alpha value is -1.92. The maximum Gasteiger partial charge on any atom is 0.389 e. The summed E-state index contributed by atoms with van der Waals surface area (Å²) in [5.74, 6) is -0.0673. The van der Waals surface area contributed by atoms with Crippen molar-refractivity contribution >= 4 is 11.7 Å². The molecule has 7 heteroatoms. The summed E-state index contributed by atoms with van der Waals surface area (Å²) >= 11 is 0. The summed E-state index contributed by atoms with van der Waals surface area (Å²) in [5, 5.41) is 14.3. The van der Waals surface area contributed by atoms with Crippen molar-refractivity contribution in [3.05, 3.63) is 22.4 Å². The fourth-order valence-electron chi connectivity index (χ4n) is 2.26. The third-order valence-electron chi connectivity index (χ3n) is 3.33. The van der Waals surface area contributed by atoms with E-state index in [1.54, 1.807) is 0 Å². The molecule has 0 aromatic carbocycles. The highest BCUT2D eigenvalue weighted by Crippen LogP contribution is 2.11. The summed E-state index contributed by atoms with van der Waals surface area (Å²) < 4.78 is 1.45. The minimum absolute atomic E-state index is 0.111. The van der Waals surface area contributed by atoms with Crippen LogP contribution in [0.3, 0.4) is 0 Å². The molecular weight excluding hydrogens is 248 g/mol. The molecule has 1 saturated heterocycles. The third kappa shape index (κ3) is 3.77. The molecule has 0 atom stereocenters. The number of hydrogen-bond donors (Lipinski definition) is 0. The van der Waals surface area contributed by atoms with Gasteiger partial charge in [0.1, 0.15) is 0 Å². The first-order chi connectivity index (χ1) is 9.16. The summed E-state index contributed by atoms with van der Waals surface area (Å²) in [6.45, 7) is 2.05. The Morgan fingerprint density at radius 2 is 2.00 bits per heavy atom. The molecule has 1 aromatic heterocycles. The molecule has 0 N–H and O–H groups in total. The average molecular weight is 266 g/mol. The van der Waals surface area contributed by atoms with E-state index in [1.807, 2.05) is 4.90 Å². The number of aryl methyl sites for hydroxylation is 1. The van der Waals surface area contributed by atoms with E-state index in [9.17, 15) is 14.9 Å². The molecule has 0 unspecified atom stereocenters. The Morgan fingerprint density at radius 1 is 1.32 bits per heavy atom. The van der Waals surface area contributed by atoms with E-state index >= 15 is 0 Å². The van der Waals surface area contributed by atoms with E-state index in [4.69, 9.17) is 0 Å². The lowest BCUT2D eigenvalue weighted by Gasteiger charge is -2.19. The third-order valence-corrected chi connectivity index (χ3v) is 3.33. The van der Waals surface area contributed by atoms with E-state index in [1.165, 1.54) is 29.8 Å². The first kappa shape index (κ1) is 13.5. The van der Waals surface area contributed by atoms with Crippen molar-refractivity contribution in [3.8, 4) is 0 Å². The molecule has 0 bridgehead atoms. The van der Waals surface area contributed by atoms with Crippen LogP contribution in [-0.2, 0) is 11.3 Å². The van der Waals surface area contributed by atoms with Crippen LogP contribution in [0.5, 0.6) is 0 Å². The van der Waals surface area contributed by atoms with Gasteiger partial charge in [0.05, 0.1) is 23.9 Å². The smallest absolute Gasteiger partial charge is 0.358 e. The summed E-state index contributed by atoms with van der Waals surface area (Å²) in [6.07, 6.45) is 6.40. The van der Waals surface area contributed by atoms with Gasteiger partial charge in [-0.15, -0.1) is 0 Å². The Balaban J connectivity index is 1.83. The van der Waals surface area contributed by atoms with E-state index in [-0.39, 0.29) is 11.7 Å². The molecule has 0 spiro atoms. The van der Waals surface area contributed by atoms with Gasteiger partial charge in [0.15, 0.2) is 0 Å². The van der Waals surface area contributed by atoms with Crippen LogP contribution in [0.2, 0.25) is 0 Å². The Labute approximate surface area is 111 Å². The van der Waals surface area contributed by atoms with Gasteiger partial charge in [-0.05, 0) is 17.8 Å². The summed E-state index contributed by atoms with van der Waals surface area (Å²) in [4.78, 5) is 23.9. The number of rotatable bonds is 4. The molecule has 1 fully saturated rings. The Morgan fingerprint density at radius 3 is 2.58 bits per heavy atom. The van der Waals surface area contributed by atoms with Crippen LogP contribution in [0.15, 0.2) is 12.3 Å². The van der Waals surface area contributed by atoms with Gasteiger partial charge in [0.2, 0.25) is 5.91 Å². The van der Waals surface area contributed by atoms with Crippen LogP contribution in [-0.4, -0.2) is 38.6 Å². The van der Waals surface area contributed by atoms with Crippen molar-refractivity contribution in [2.24, 2.45) is 0 Å². The van der Waals surface area contributed by atoms with Gasteiger partial charge in [0, 0.05) is 19.5 Å². The first-order valence-electron chi connectivity index (χ1n) is 6.62. The lowest BCUT2D eigenvalue weighted by Crippen LogP contribution is -2.32. The van der Waals surface area contributed by atoms with Crippen molar-refractivity contribution in [2.45, 2.75) is 38.6 Å². The van der Waals surface area contributed by atoms with Gasteiger partial charge >= 0.3 is 5.82 Å². The zero-order valence-electron chi connectivity index (χ0n) is 10.8. The average Bonchev–Trinajstić information content (AvgIpc) is 2.70. The van der Waals surface area contributed by atoms with Crippen LogP contribution in [0.4, 0.5) is 5.82 Å². The second-order valence-electron chi connectivity index (χ2n) is 4.74. The van der Waals surface area contributed by atoms with Crippen LogP contribution in [0, 0.1) is 10.1 Å². The zero-order valence-corrected chi connectivity index (χ0v) is 10.8. The number of amides is 1. The molecule has 2 heterocycles. The fourth-order valence-corrected chi connectivity index (χ4v) is 2.26. The second kappa shape index (κ2) is 6.31. The van der Waals surface area contributed by atoms with E-state index < -0.39 is 4.92 Å². The van der Waals surface area contributed by atoms with Gasteiger partial charge in [-0.2, -0.15) is 4.68 Å². The van der Waals surface area contributed by atoms with Crippen LogP contribution in [0.1, 0.15) is 32.1 Å². The monoisotopic (exact) mass is 266 g/mol. The minimum atomic E-state index is -0.535. The minimum Gasteiger partial charge on any atom is -0.358 e. The van der Waals surface area contributed by atoms with Gasteiger partial charge in [0.25, 0.3) is 0 Å². The molecule has 7 nitrogen and oxygen atoms in total. The number of nitrogens with zero attached hydrogens (tertiary/aromatic N) is 4. The van der Waals surface area contributed by atoms with Crippen molar-refractivity contribution in [1.82, 2.24) is 14.7 Å². The van der Waals surface area contributed by atoms with Crippen molar-refractivity contribution in [2.75, 3.05) is 13.1 Å². The highest BCUT2D eigenvalue weighted by atomic mass is 16.6. The molecule has 0 saturated carbocycles. The maximum atomic E-state index is 12.0. The summed E-state index contributed by atoms with van der Waals surface area (Å²) in [5.41, 5.74) is 0. The van der Waals surface area contributed by atoms with E-state index in [2.05, 4.69) is 5.10 Å². The topological polar surface area (TPSA) is 81.3 Å². The molecular formula is C12H18N4O3. The van der Waals surface area contributed by atoms with Gasteiger partial charge in [-0.1, -0.05) is 12.8 Å². The number of hydrogen-bond acceptors (Lipinski definition) is 4. The number of carbonyl (C=O) groups excluding carboxylic acids is 1. The number of carbonyl (C=O) groups is 1. The predicted molar refractivity (Wildman–Crippen MR) is 68.5 cm³/mol. The van der Waals surface area contributed by atoms with Crippen molar-refractivity contribution in [1.29, 1.82) is 0 Å². The van der Waals surface area contributed by atoms with Crippen LogP contribution in [0.25, 0.3) is 0 Å². The normalized spacial score (nSPS) is 16.1. The second-order valence-corrected chi connectivity index (χ2v) is 4.74. The lowest BCUT2D eigenvalue weighted by atomic mass is 10.2. The molecule has 0 aliphatic carbocycles. The predicted octanol–water partition coefficient (Wildman–Crippen LogP) is 1.58. The number of likely N-dealkylation sites (tertiary alicyclic amines) is 1. The van der Waals surface area contributed by atoms with Gasteiger partial charge in [-0.25, -0.2) is 0 Å². The Bertz CT molecular complexity index is 450. The lowest BCUT2D eigenvalue weighted by molar-refractivity contribution is -0.389. The van der Waals surface area contributed by atoms with Crippen LogP contribution >= 0.6 is 0 Å². The molecule has 1 aliphatic rings. The maximum absolute atomic E-state index is 12.0. The van der Waals surface area contributed by atoms with Crippen LogP contribution < -0.4 is 0 Å². The number of nitro groups is 1. The fraction of sp³-hybridized carbons (Fsp3) is 0.667. The van der Waals surface area contributed by atoms with E-state index in [0.29, 0.717) is 13.0 Å². The highest BCUT2D eigenvalue weighted by molar-refractivity contribution is 5.76. The van der Waals surface area contributed by atoms with Gasteiger partial charge in [-0.3, -0.25) is 4.79 Å². The molecule has 1 amide bonds. The molecule has 0 radical (unpaired) electrons. The summed E-state index contributed by atoms with van der Waals surface area (Å²) in [6, 6.07) is 1.34. The number of aromatic nitrogens is 2. The molecule has 104 valence electrons. The quantitative estimate of drug-likeness (QED) is 0.612. The largest absolute Gasteiger partial charge is 0.389 e. The SMILES string of the molecule is O=C(CCn1ccc([N+](=O)[O-])n1)N1CCCCCC1. The van der Waals surface area contributed by atoms with Crippen molar-refractivity contribution < 1.29 is 9.72 Å². The standard InChI is InChI=1S/C12H18N4O3/c17-12(14-7-3-1-2-4-8-14)6-10-15-9-5-11(13-15)16(18)19/h5,9H,1-4,6-8,10H2. The van der Waals surface area contributed by atoms with Gasteiger partial charge < -0.3 is 15.0 Å². The molecule has 19 heavy (non-hydrogen) atoms. The van der Waals surface area contributed by atoms with E-state index in [0.717, 1.165) is 25.9 Å². The molecule has 1 aromatic rings. The zero-order chi connectivity index (χ0) is 13.7. The highest BCUT2D eigenvalue weighted by Gasteiger charge is 2.17. The summed E-state index contributed by atoms with van der Waals surface area (Å²) in [7, 11) is 0. The Kier molecular flexibility index (Phi) is 4.48. The molecule has 1 aliphatic heterocycles. The molecule has 2 rings (SSSR count). The van der Waals surface area contributed by atoms with Crippen molar-refractivity contribution in [3.63, 3.8) is 0 Å².